The van der Waals surface area contributed by atoms with E-state index in [9.17, 15) is 0 Å². The molecule has 0 amide bonds. The Morgan fingerprint density at radius 1 is 1.05 bits per heavy atom. The number of rotatable bonds is 5. The van der Waals surface area contributed by atoms with E-state index in [1.54, 1.807) is 0 Å². The lowest BCUT2D eigenvalue weighted by molar-refractivity contribution is 0.229. The van der Waals surface area contributed by atoms with E-state index >= 15 is 0 Å². The third-order valence-electron chi connectivity index (χ3n) is 3.72. The highest BCUT2D eigenvalue weighted by atomic mass is 16.3. The van der Waals surface area contributed by atoms with Gasteiger partial charge in [-0.1, -0.05) is 12.1 Å². The van der Waals surface area contributed by atoms with Gasteiger partial charge in [0.15, 0.2) is 0 Å². The van der Waals surface area contributed by atoms with Gasteiger partial charge in [0.05, 0.1) is 6.61 Å². The summed E-state index contributed by atoms with van der Waals surface area (Å²) in [5.74, 6) is 0. The fourth-order valence-electron chi connectivity index (χ4n) is 2.38. The molecule has 1 heterocycles. The summed E-state index contributed by atoms with van der Waals surface area (Å²) in [6.07, 6.45) is 0. The van der Waals surface area contributed by atoms with Gasteiger partial charge < -0.3 is 14.9 Å². The Morgan fingerprint density at radius 3 is 2.21 bits per heavy atom. The average Bonchev–Trinajstić information content (AvgIpc) is 2.46. The molecule has 2 rings (SSSR count). The fraction of sp³-hybridized carbons (Fsp3) is 0.600. The van der Waals surface area contributed by atoms with Gasteiger partial charge in [-0.3, -0.25) is 4.90 Å². The summed E-state index contributed by atoms with van der Waals surface area (Å²) in [6, 6.07) is 8.24. The van der Waals surface area contributed by atoms with Crippen LogP contribution in [0.25, 0.3) is 0 Å². The van der Waals surface area contributed by atoms with Crippen molar-refractivity contribution >= 4 is 5.69 Å². The van der Waals surface area contributed by atoms with Crippen LogP contribution in [-0.2, 0) is 6.61 Å². The van der Waals surface area contributed by atoms with Crippen molar-refractivity contribution in [1.82, 2.24) is 9.80 Å². The van der Waals surface area contributed by atoms with Crippen molar-refractivity contribution in [2.45, 2.75) is 6.61 Å². The Bertz CT molecular complexity index is 369. The molecule has 1 aliphatic heterocycles. The van der Waals surface area contributed by atoms with Crippen molar-refractivity contribution in [2.24, 2.45) is 0 Å². The van der Waals surface area contributed by atoms with Gasteiger partial charge in [-0.15, -0.1) is 0 Å². The smallest absolute Gasteiger partial charge is 0.0681 e. The van der Waals surface area contributed by atoms with Crippen molar-refractivity contribution in [2.75, 3.05) is 58.3 Å². The molecule has 0 bridgehead atoms. The first-order chi connectivity index (χ1) is 9.19. The number of aliphatic hydroxyl groups excluding tert-OH is 1. The third-order valence-corrected chi connectivity index (χ3v) is 3.72. The molecule has 0 radical (unpaired) electrons. The van der Waals surface area contributed by atoms with E-state index < -0.39 is 0 Å². The van der Waals surface area contributed by atoms with Crippen molar-refractivity contribution in [1.29, 1.82) is 0 Å². The maximum atomic E-state index is 9.05. The van der Waals surface area contributed by atoms with Crippen molar-refractivity contribution in [3.05, 3.63) is 29.8 Å². The number of benzene rings is 1. The highest BCUT2D eigenvalue weighted by Crippen LogP contribution is 2.17. The lowest BCUT2D eigenvalue weighted by Crippen LogP contribution is -2.48. The van der Waals surface area contributed by atoms with E-state index in [4.69, 9.17) is 5.11 Å². The number of hydrogen-bond donors (Lipinski definition) is 1. The molecule has 1 N–H and O–H groups in total. The van der Waals surface area contributed by atoms with Gasteiger partial charge in [0.25, 0.3) is 0 Å². The molecule has 1 fully saturated rings. The monoisotopic (exact) mass is 263 g/mol. The summed E-state index contributed by atoms with van der Waals surface area (Å²) in [6.45, 7) is 6.86. The number of anilines is 1. The SMILES string of the molecule is CN(C)CCN1CCN(c2ccc(CO)cc2)CC1. The largest absolute Gasteiger partial charge is 0.392 e. The molecule has 1 aromatic rings. The molecule has 1 saturated heterocycles. The molecule has 0 atom stereocenters. The van der Waals surface area contributed by atoms with Gasteiger partial charge in [0, 0.05) is 45.0 Å². The molecule has 106 valence electrons. The highest BCUT2D eigenvalue weighted by Gasteiger charge is 2.16. The number of nitrogens with zero attached hydrogens (tertiary/aromatic N) is 3. The first kappa shape index (κ1) is 14.3. The molecule has 19 heavy (non-hydrogen) atoms. The van der Waals surface area contributed by atoms with Gasteiger partial charge in [-0.25, -0.2) is 0 Å². The molecule has 0 aromatic heterocycles. The fourth-order valence-corrected chi connectivity index (χ4v) is 2.38. The molecule has 0 spiro atoms. The van der Waals surface area contributed by atoms with Crippen LogP contribution in [0.15, 0.2) is 24.3 Å². The Kier molecular flexibility index (Phi) is 5.19. The number of likely N-dealkylation sites (N-methyl/N-ethyl adjacent to an activating group) is 1. The van der Waals surface area contributed by atoms with Crippen LogP contribution in [-0.4, -0.2) is 68.3 Å². The second-order valence-corrected chi connectivity index (χ2v) is 5.46. The molecule has 0 aliphatic carbocycles. The summed E-state index contributed by atoms with van der Waals surface area (Å²) < 4.78 is 0. The predicted octanol–water partition coefficient (Wildman–Crippen LogP) is 0.862. The Balaban J connectivity index is 1.81. The van der Waals surface area contributed by atoms with Crippen molar-refractivity contribution in [3.8, 4) is 0 Å². The van der Waals surface area contributed by atoms with Gasteiger partial charge >= 0.3 is 0 Å². The molecule has 1 aliphatic rings. The van der Waals surface area contributed by atoms with Crippen LogP contribution in [0.5, 0.6) is 0 Å². The van der Waals surface area contributed by atoms with E-state index in [1.807, 2.05) is 12.1 Å². The first-order valence-electron chi connectivity index (χ1n) is 7.01. The molecular formula is C15H25N3O. The average molecular weight is 263 g/mol. The lowest BCUT2D eigenvalue weighted by atomic mass is 10.2. The highest BCUT2D eigenvalue weighted by molar-refractivity contribution is 5.48. The standard InChI is InChI=1S/C15H25N3O/c1-16(2)7-8-17-9-11-18(12-10-17)15-5-3-14(13-19)4-6-15/h3-6,19H,7-13H2,1-2H3. The molecule has 4 heteroatoms. The van der Waals surface area contributed by atoms with Crippen LogP contribution in [0, 0.1) is 0 Å². The molecule has 1 aromatic carbocycles. The van der Waals surface area contributed by atoms with E-state index in [2.05, 4.69) is 40.9 Å². The number of piperazine rings is 1. The zero-order chi connectivity index (χ0) is 13.7. The molecular weight excluding hydrogens is 238 g/mol. The maximum absolute atomic E-state index is 9.05. The van der Waals surface area contributed by atoms with Crippen LogP contribution >= 0.6 is 0 Å². The maximum Gasteiger partial charge on any atom is 0.0681 e. The van der Waals surface area contributed by atoms with Gasteiger partial charge in [0.2, 0.25) is 0 Å². The third kappa shape index (κ3) is 4.20. The Hall–Kier alpha value is -1.10. The summed E-state index contributed by atoms with van der Waals surface area (Å²) in [7, 11) is 4.25. The van der Waals surface area contributed by atoms with Crippen molar-refractivity contribution < 1.29 is 5.11 Å². The first-order valence-corrected chi connectivity index (χ1v) is 7.01. The molecule has 4 nitrogen and oxygen atoms in total. The Morgan fingerprint density at radius 2 is 1.68 bits per heavy atom. The zero-order valence-electron chi connectivity index (χ0n) is 12.0. The van der Waals surface area contributed by atoms with Gasteiger partial charge in [-0.05, 0) is 31.8 Å². The van der Waals surface area contributed by atoms with Crippen LogP contribution < -0.4 is 4.90 Å². The summed E-state index contributed by atoms with van der Waals surface area (Å²) in [5.41, 5.74) is 2.25. The minimum absolute atomic E-state index is 0.124. The van der Waals surface area contributed by atoms with Crippen molar-refractivity contribution in [3.63, 3.8) is 0 Å². The quantitative estimate of drug-likeness (QED) is 0.853. The van der Waals surface area contributed by atoms with E-state index in [-0.39, 0.29) is 6.61 Å². The summed E-state index contributed by atoms with van der Waals surface area (Å²) >= 11 is 0. The summed E-state index contributed by atoms with van der Waals surface area (Å²) in [5, 5.41) is 9.05. The van der Waals surface area contributed by atoms with Gasteiger partial charge in [-0.2, -0.15) is 0 Å². The summed E-state index contributed by atoms with van der Waals surface area (Å²) in [4.78, 5) is 7.19. The second-order valence-electron chi connectivity index (χ2n) is 5.46. The second kappa shape index (κ2) is 6.89. The van der Waals surface area contributed by atoms with E-state index in [1.165, 1.54) is 5.69 Å². The minimum atomic E-state index is 0.124. The van der Waals surface area contributed by atoms with E-state index in [0.29, 0.717) is 0 Å². The van der Waals surface area contributed by atoms with Gasteiger partial charge in [0.1, 0.15) is 0 Å². The number of aliphatic hydroxyl groups is 1. The normalized spacial score (nSPS) is 17.2. The minimum Gasteiger partial charge on any atom is -0.392 e. The van der Waals surface area contributed by atoms with Crippen LogP contribution in [0.3, 0.4) is 0 Å². The lowest BCUT2D eigenvalue weighted by Gasteiger charge is -2.36. The van der Waals surface area contributed by atoms with Crippen LogP contribution in [0.2, 0.25) is 0 Å². The van der Waals surface area contributed by atoms with Crippen LogP contribution in [0.4, 0.5) is 5.69 Å². The predicted molar refractivity (Wildman–Crippen MR) is 79.6 cm³/mol. The molecule has 0 saturated carbocycles. The van der Waals surface area contributed by atoms with Crippen LogP contribution in [0.1, 0.15) is 5.56 Å². The Labute approximate surface area is 116 Å². The zero-order valence-corrected chi connectivity index (χ0v) is 12.0. The number of hydrogen-bond acceptors (Lipinski definition) is 4. The topological polar surface area (TPSA) is 30.0 Å². The molecule has 0 unspecified atom stereocenters. The van der Waals surface area contributed by atoms with E-state index in [0.717, 1.165) is 44.8 Å².